The number of esters is 1. The molecule has 0 aliphatic carbocycles. The van der Waals surface area contributed by atoms with Crippen molar-refractivity contribution in [2.45, 2.75) is 39.5 Å². The van der Waals surface area contributed by atoms with Crippen LogP contribution < -0.4 is 0 Å². The van der Waals surface area contributed by atoms with Crippen LogP contribution in [0.4, 0.5) is 0 Å². The molecule has 0 spiro atoms. The predicted molar refractivity (Wildman–Crippen MR) is 71.6 cm³/mol. The summed E-state index contributed by atoms with van der Waals surface area (Å²) < 4.78 is 10.0. The van der Waals surface area contributed by atoms with Crippen LogP contribution in [0.25, 0.3) is 0 Å². The third-order valence-electron chi connectivity index (χ3n) is 2.36. The average molecular weight is 270 g/mol. The lowest BCUT2D eigenvalue weighted by Crippen LogP contribution is -2.07. The molecule has 5 nitrogen and oxygen atoms in total. The fourth-order valence-corrected chi connectivity index (χ4v) is 1.28. The minimum Gasteiger partial charge on any atom is -0.498 e. The van der Waals surface area contributed by atoms with E-state index in [4.69, 9.17) is 14.6 Å². The van der Waals surface area contributed by atoms with E-state index in [2.05, 4.69) is 13.8 Å². The second kappa shape index (κ2) is 11.3. The van der Waals surface area contributed by atoms with E-state index in [1.165, 1.54) is 5.57 Å². The van der Waals surface area contributed by atoms with Gasteiger partial charge in [0.1, 0.15) is 13.2 Å². The van der Waals surface area contributed by atoms with Gasteiger partial charge >= 0.3 is 11.9 Å². The second-order valence-corrected chi connectivity index (χ2v) is 3.94. The molecule has 108 valence electrons. The number of hydrogen-bond acceptors (Lipinski definition) is 4. The Morgan fingerprint density at radius 2 is 1.89 bits per heavy atom. The fraction of sp³-hybridized carbons (Fsp3) is 0.571. The highest BCUT2D eigenvalue weighted by Gasteiger charge is 1.98. The summed E-state index contributed by atoms with van der Waals surface area (Å²) >= 11 is 0. The first-order chi connectivity index (χ1) is 9.10. The van der Waals surface area contributed by atoms with E-state index in [0.29, 0.717) is 0 Å². The van der Waals surface area contributed by atoms with Crippen LogP contribution in [-0.4, -0.2) is 30.3 Å². The molecule has 0 aromatic carbocycles. The van der Waals surface area contributed by atoms with Gasteiger partial charge in [0, 0.05) is 12.2 Å². The Morgan fingerprint density at radius 3 is 2.47 bits per heavy atom. The fourth-order valence-electron chi connectivity index (χ4n) is 1.28. The molecule has 1 N–H and O–H groups in total. The number of carbonyl (C=O) groups is 2. The van der Waals surface area contributed by atoms with E-state index >= 15 is 0 Å². The molecule has 0 bridgehead atoms. The third kappa shape index (κ3) is 11.1. The van der Waals surface area contributed by atoms with Gasteiger partial charge < -0.3 is 14.6 Å². The van der Waals surface area contributed by atoms with Crippen molar-refractivity contribution in [3.05, 3.63) is 24.0 Å². The maximum Gasteiger partial charge on any atom is 0.331 e. The van der Waals surface area contributed by atoms with Gasteiger partial charge in [-0.1, -0.05) is 20.3 Å². The van der Waals surface area contributed by atoms with Crippen LogP contribution in [0.1, 0.15) is 39.5 Å². The SMILES string of the molecule is CCCCC(=COCCOC(=O)/C=C/C(=O)O)CC. The van der Waals surface area contributed by atoms with E-state index in [0.717, 1.165) is 37.8 Å². The van der Waals surface area contributed by atoms with Crippen LogP contribution in [0.3, 0.4) is 0 Å². The Balaban J connectivity index is 3.76. The van der Waals surface area contributed by atoms with Crippen LogP contribution in [0, 0.1) is 0 Å². The molecule has 0 amide bonds. The summed E-state index contributed by atoms with van der Waals surface area (Å²) in [5.74, 6) is -1.86. The number of carbonyl (C=O) groups excluding carboxylic acids is 1. The van der Waals surface area contributed by atoms with Gasteiger partial charge in [-0.15, -0.1) is 0 Å². The number of hydrogen-bond donors (Lipinski definition) is 1. The Hall–Kier alpha value is -1.78. The van der Waals surface area contributed by atoms with E-state index in [1.54, 1.807) is 6.26 Å². The molecule has 0 radical (unpaired) electrons. The molecular weight excluding hydrogens is 248 g/mol. The Labute approximate surface area is 113 Å². The van der Waals surface area contributed by atoms with Gasteiger partial charge in [0.25, 0.3) is 0 Å². The molecule has 5 heteroatoms. The average Bonchev–Trinajstić information content (AvgIpc) is 2.39. The number of unbranched alkanes of at least 4 members (excludes halogenated alkanes) is 1. The topological polar surface area (TPSA) is 72.8 Å². The molecule has 0 heterocycles. The number of carboxylic acid groups (broad SMARTS) is 1. The van der Waals surface area contributed by atoms with Crippen molar-refractivity contribution >= 4 is 11.9 Å². The zero-order valence-electron chi connectivity index (χ0n) is 11.6. The van der Waals surface area contributed by atoms with Crippen LogP contribution in [0.5, 0.6) is 0 Å². The Morgan fingerprint density at radius 1 is 1.16 bits per heavy atom. The molecule has 0 unspecified atom stereocenters. The summed E-state index contributed by atoms with van der Waals surface area (Å²) in [5.41, 5.74) is 1.24. The van der Waals surface area contributed by atoms with E-state index < -0.39 is 11.9 Å². The number of aliphatic carboxylic acids is 1. The van der Waals surface area contributed by atoms with E-state index in [1.807, 2.05) is 0 Å². The normalized spacial score (nSPS) is 11.6. The third-order valence-corrected chi connectivity index (χ3v) is 2.36. The van der Waals surface area contributed by atoms with Crippen LogP contribution in [0.15, 0.2) is 24.0 Å². The quantitative estimate of drug-likeness (QED) is 0.286. The molecule has 0 rings (SSSR count). The summed E-state index contributed by atoms with van der Waals surface area (Å²) in [4.78, 5) is 21.1. The van der Waals surface area contributed by atoms with E-state index in [9.17, 15) is 9.59 Å². The maximum atomic E-state index is 11.0. The summed E-state index contributed by atoms with van der Waals surface area (Å²) in [6.07, 6.45) is 7.58. The zero-order valence-corrected chi connectivity index (χ0v) is 11.6. The van der Waals surface area contributed by atoms with Gasteiger partial charge in [0.05, 0.1) is 6.26 Å². The van der Waals surface area contributed by atoms with Crippen molar-refractivity contribution in [3.8, 4) is 0 Å². The predicted octanol–water partition coefficient (Wildman–Crippen LogP) is 2.67. The molecule has 0 fully saturated rings. The molecule has 0 atom stereocenters. The lowest BCUT2D eigenvalue weighted by atomic mass is 10.1. The van der Waals surface area contributed by atoms with Gasteiger partial charge in [-0.05, 0) is 24.8 Å². The van der Waals surface area contributed by atoms with Crippen LogP contribution in [0.2, 0.25) is 0 Å². The largest absolute Gasteiger partial charge is 0.498 e. The smallest absolute Gasteiger partial charge is 0.331 e. The number of rotatable bonds is 10. The highest BCUT2D eigenvalue weighted by Crippen LogP contribution is 2.10. The van der Waals surface area contributed by atoms with Crippen LogP contribution >= 0.6 is 0 Å². The lowest BCUT2D eigenvalue weighted by molar-refractivity contribution is -0.139. The Kier molecular flexibility index (Phi) is 10.3. The second-order valence-electron chi connectivity index (χ2n) is 3.94. The molecule has 0 saturated carbocycles. The summed E-state index contributed by atoms with van der Waals surface area (Å²) in [7, 11) is 0. The standard InChI is InChI=1S/C14H22O5/c1-3-5-6-12(4-2)11-18-9-10-19-14(17)8-7-13(15)16/h7-8,11H,3-6,9-10H2,1-2H3,(H,15,16)/b8-7+,12-11?. The van der Waals surface area contributed by atoms with Crippen molar-refractivity contribution in [2.24, 2.45) is 0 Å². The molecule has 0 aromatic rings. The first-order valence-corrected chi connectivity index (χ1v) is 6.47. The van der Waals surface area contributed by atoms with Gasteiger partial charge in [0.2, 0.25) is 0 Å². The molecular formula is C14H22O5. The molecule has 19 heavy (non-hydrogen) atoms. The number of carboxylic acids is 1. The Bertz CT molecular complexity index is 331. The van der Waals surface area contributed by atoms with Crippen molar-refractivity contribution in [1.29, 1.82) is 0 Å². The van der Waals surface area contributed by atoms with Gasteiger partial charge in [-0.25, -0.2) is 9.59 Å². The minimum absolute atomic E-state index is 0.101. The van der Waals surface area contributed by atoms with Crippen molar-refractivity contribution in [1.82, 2.24) is 0 Å². The highest BCUT2D eigenvalue weighted by atomic mass is 16.6. The molecule has 0 aliphatic rings. The highest BCUT2D eigenvalue weighted by molar-refractivity contribution is 5.90. The molecule has 0 aromatic heterocycles. The first-order valence-electron chi connectivity index (χ1n) is 6.47. The van der Waals surface area contributed by atoms with Gasteiger partial charge in [-0.2, -0.15) is 0 Å². The van der Waals surface area contributed by atoms with E-state index in [-0.39, 0.29) is 13.2 Å². The summed E-state index contributed by atoms with van der Waals surface area (Å²) in [5, 5.41) is 8.30. The van der Waals surface area contributed by atoms with Crippen molar-refractivity contribution in [2.75, 3.05) is 13.2 Å². The monoisotopic (exact) mass is 270 g/mol. The van der Waals surface area contributed by atoms with Crippen molar-refractivity contribution < 1.29 is 24.2 Å². The molecule has 0 saturated heterocycles. The van der Waals surface area contributed by atoms with Gasteiger partial charge in [-0.3, -0.25) is 0 Å². The van der Waals surface area contributed by atoms with Gasteiger partial charge in [0.15, 0.2) is 0 Å². The number of allylic oxidation sites excluding steroid dienone is 1. The zero-order chi connectivity index (χ0) is 14.5. The minimum atomic E-state index is -1.18. The number of ether oxygens (including phenoxy) is 2. The first kappa shape index (κ1) is 17.2. The maximum absolute atomic E-state index is 11.0. The molecule has 0 aliphatic heterocycles. The summed E-state index contributed by atoms with van der Waals surface area (Å²) in [6.45, 7) is 4.58. The van der Waals surface area contributed by atoms with Crippen LogP contribution in [-0.2, 0) is 19.1 Å². The lowest BCUT2D eigenvalue weighted by Gasteiger charge is -2.05. The van der Waals surface area contributed by atoms with Crippen molar-refractivity contribution in [3.63, 3.8) is 0 Å². The summed E-state index contributed by atoms with van der Waals surface area (Å²) in [6, 6.07) is 0.